The fourth-order valence-corrected chi connectivity index (χ4v) is 1.97. The van der Waals surface area contributed by atoms with E-state index in [1.54, 1.807) is 18.2 Å². The second kappa shape index (κ2) is 5.00. The van der Waals surface area contributed by atoms with Crippen molar-refractivity contribution >= 4 is 23.1 Å². The molecule has 1 aliphatic rings. The number of nitrogens with zero attached hydrogens (tertiary/aromatic N) is 1. The standard InChI is InChI=1S/C13H14N2O3/c1-8(15-18)13(17)10-5-6-11-9(7-10)3-2-4-12(16)14-11/h5-7,18H,2-4H2,1H3,(H,14,16)/b15-8-. The Morgan fingerprint density at radius 1 is 1.39 bits per heavy atom. The molecular formula is C13H14N2O3. The van der Waals surface area contributed by atoms with Crippen molar-refractivity contribution in [2.24, 2.45) is 5.16 Å². The predicted octanol–water partition coefficient (Wildman–Crippen LogP) is 1.99. The van der Waals surface area contributed by atoms with E-state index >= 15 is 0 Å². The van der Waals surface area contributed by atoms with Crippen LogP contribution in [0.4, 0.5) is 5.69 Å². The molecule has 0 fully saturated rings. The normalized spacial score (nSPS) is 15.6. The molecule has 1 aromatic rings. The quantitative estimate of drug-likeness (QED) is 0.362. The molecule has 2 N–H and O–H groups in total. The molecule has 1 heterocycles. The molecule has 1 aliphatic heterocycles. The van der Waals surface area contributed by atoms with Gasteiger partial charge in [0.05, 0.1) is 0 Å². The van der Waals surface area contributed by atoms with E-state index in [2.05, 4.69) is 10.5 Å². The summed E-state index contributed by atoms with van der Waals surface area (Å²) in [6, 6.07) is 5.09. The first-order chi connectivity index (χ1) is 8.61. The molecule has 5 nitrogen and oxygen atoms in total. The Morgan fingerprint density at radius 2 is 2.17 bits per heavy atom. The Labute approximate surface area is 104 Å². The van der Waals surface area contributed by atoms with Crippen LogP contribution < -0.4 is 5.32 Å². The maximum Gasteiger partial charge on any atom is 0.224 e. The molecule has 0 atom stereocenters. The topological polar surface area (TPSA) is 78.8 Å². The van der Waals surface area contributed by atoms with E-state index in [1.165, 1.54) is 6.92 Å². The third-order valence-electron chi connectivity index (χ3n) is 2.97. The lowest BCUT2D eigenvalue weighted by molar-refractivity contribution is -0.116. The monoisotopic (exact) mass is 246 g/mol. The SMILES string of the molecule is C/C(=N/O)C(=O)c1ccc2c(c1)CCCC(=O)N2. The first kappa shape index (κ1) is 12.3. The maximum absolute atomic E-state index is 11.8. The van der Waals surface area contributed by atoms with Gasteiger partial charge in [0.15, 0.2) is 0 Å². The number of aryl methyl sites for hydroxylation is 1. The summed E-state index contributed by atoms with van der Waals surface area (Å²) in [5, 5.41) is 14.3. The third-order valence-corrected chi connectivity index (χ3v) is 2.97. The van der Waals surface area contributed by atoms with Crippen molar-refractivity contribution in [2.75, 3.05) is 5.32 Å². The molecule has 0 unspecified atom stereocenters. The molecule has 1 aromatic carbocycles. The molecule has 1 amide bonds. The minimum Gasteiger partial charge on any atom is -0.411 e. The highest BCUT2D eigenvalue weighted by molar-refractivity contribution is 6.45. The number of amides is 1. The average molecular weight is 246 g/mol. The summed E-state index contributed by atoms with van der Waals surface area (Å²) in [7, 11) is 0. The number of nitrogens with one attached hydrogen (secondary N) is 1. The molecule has 5 heteroatoms. The summed E-state index contributed by atoms with van der Waals surface area (Å²) in [6.45, 7) is 1.45. The fourth-order valence-electron chi connectivity index (χ4n) is 1.97. The molecule has 0 spiro atoms. The van der Waals surface area contributed by atoms with Crippen LogP contribution >= 0.6 is 0 Å². The van der Waals surface area contributed by atoms with E-state index in [0.29, 0.717) is 12.0 Å². The van der Waals surface area contributed by atoms with Crippen molar-refractivity contribution < 1.29 is 14.8 Å². The zero-order valence-electron chi connectivity index (χ0n) is 10.1. The number of oxime groups is 1. The van der Waals surface area contributed by atoms with E-state index in [0.717, 1.165) is 24.1 Å². The first-order valence-electron chi connectivity index (χ1n) is 5.78. The molecule has 0 aromatic heterocycles. The lowest BCUT2D eigenvalue weighted by Gasteiger charge is -2.08. The average Bonchev–Trinajstić information content (AvgIpc) is 2.56. The zero-order chi connectivity index (χ0) is 13.1. The van der Waals surface area contributed by atoms with Gasteiger partial charge in [-0.1, -0.05) is 5.16 Å². The molecule has 0 bridgehead atoms. The second-order valence-electron chi connectivity index (χ2n) is 4.29. The van der Waals surface area contributed by atoms with Gasteiger partial charge < -0.3 is 10.5 Å². The molecule has 18 heavy (non-hydrogen) atoms. The van der Waals surface area contributed by atoms with Crippen LogP contribution in [0.25, 0.3) is 0 Å². The Kier molecular flexibility index (Phi) is 3.41. The number of rotatable bonds is 2. The molecule has 0 saturated carbocycles. The molecular weight excluding hydrogens is 232 g/mol. The zero-order valence-corrected chi connectivity index (χ0v) is 10.1. The van der Waals surface area contributed by atoms with Crippen LogP contribution in [0.3, 0.4) is 0 Å². The molecule has 94 valence electrons. The van der Waals surface area contributed by atoms with Gasteiger partial charge in [0.25, 0.3) is 0 Å². The van der Waals surface area contributed by atoms with Crippen molar-refractivity contribution in [3.05, 3.63) is 29.3 Å². The number of anilines is 1. The number of fused-ring (bicyclic) bond motifs is 1. The Morgan fingerprint density at radius 3 is 2.89 bits per heavy atom. The summed E-state index contributed by atoms with van der Waals surface area (Å²) in [6.07, 6.45) is 2.02. The highest BCUT2D eigenvalue weighted by Gasteiger charge is 2.16. The van der Waals surface area contributed by atoms with Gasteiger partial charge in [-0.05, 0) is 43.5 Å². The van der Waals surface area contributed by atoms with Crippen molar-refractivity contribution in [1.29, 1.82) is 0 Å². The van der Waals surface area contributed by atoms with Crippen molar-refractivity contribution in [3.63, 3.8) is 0 Å². The number of Topliss-reactive ketones (excluding diaryl/α,β-unsaturated/α-hetero) is 1. The summed E-state index contributed by atoms with van der Waals surface area (Å²) in [5.74, 6) is -0.309. The number of hydrogen-bond acceptors (Lipinski definition) is 4. The Balaban J connectivity index is 2.35. The lowest BCUT2D eigenvalue weighted by Crippen LogP contribution is -2.12. The van der Waals surface area contributed by atoms with Gasteiger partial charge in [-0.15, -0.1) is 0 Å². The highest BCUT2D eigenvalue weighted by atomic mass is 16.4. The number of benzene rings is 1. The summed E-state index contributed by atoms with van der Waals surface area (Å²) in [5.41, 5.74) is 2.22. The number of carbonyl (C=O) groups is 2. The van der Waals surface area contributed by atoms with Crippen molar-refractivity contribution in [3.8, 4) is 0 Å². The van der Waals surface area contributed by atoms with Crippen LogP contribution in [-0.2, 0) is 11.2 Å². The first-order valence-corrected chi connectivity index (χ1v) is 5.78. The van der Waals surface area contributed by atoms with Crippen LogP contribution in [0.1, 0.15) is 35.7 Å². The smallest absolute Gasteiger partial charge is 0.224 e. The Hall–Kier alpha value is -2.17. The van der Waals surface area contributed by atoms with Gasteiger partial charge >= 0.3 is 0 Å². The van der Waals surface area contributed by atoms with E-state index in [1.807, 2.05) is 0 Å². The lowest BCUT2D eigenvalue weighted by atomic mass is 10.0. The minimum atomic E-state index is -0.309. The van der Waals surface area contributed by atoms with Gasteiger partial charge in [-0.3, -0.25) is 9.59 Å². The van der Waals surface area contributed by atoms with Crippen LogP contribution in [0.15, 0.2) is 23.4 Å². The molecule has 0 saturated heterocycles. The number of hydrogen-bond donors (Lipinski definition) is 2. The van der Waals surface area contributed by atoms with E-state index in [9.17, 15) is 9.59 Å². The largest absolute Gasteiger partial charge is 0.411 e. The second-order valence-corrected chi connectivity index (χ2v) is 4.29. The van der Waals surface area contributed by atoms with Crippen LogP contribution in [0.2, 0.25) is 0 Å². The van der Waals surface area contributed by atoms with Crippen molar-refractivity contribution in [2.45, 2.75) is 26.2 Å². The van der Waals surface area contributed by atoms with Gasteiger partial charge in [-0.25, -0.2) is 0 Å². The van der Waals surface area contributed by atoms with Gasteiger partial charge in [-0.2, -0.15) is 0 Å². The minimum absolute atomic E-state index is 0.000859. The van der Waals surface area contributed by atoms with Gasteiger partial charge in [0, 0.05) is 17.7 Å². The van der Waals surface area contributed by atoms with Crippen LogP contribution in [0, 0.1) is 0 Å². The van der Waals surface area contributed by atoms with Gasteiger partial charge in [0.1, 0.15) is 5.71 Å². The van der Waals surface area contributed by atoms with Crippen LogP contribution in [-0.4, -0.2) is 22.6 Å². The van der Waals surface area contributed by atoms with E-state index < -0.39 is 0 Å². The summed E-state index contributed by atoms with van der Waals surface area (Å²) < 4.78 is 0. The fraction of sp³-hybridized carbons (Fsp3) is 0.308. The van der Waals surface area contributed by atoms with E-state index in [4.69, 9.17) is 5.21 Å². The summed E-state index contributed by atoms with van der Waals surface area (Å²) >= 11 is 0. The highest BCUT2D eigenvalue weighted by Crippen LogP contribution is 2.23. The van der Waals surface area contributed by atoms with Gasteiger partial charge in [0.2, 0.25) is 11.7 Å². The Bertz CT molecular complexity index is 535. The maximum atomic E-state index is 11.8. The molecule has 0 radical (unpaired) electrons. The number of ketones is 1. The molecule has 0 aliphatic carbocycles. The molecule has 2 rings (SSSR count). The number of carbonyl (C=O) groups excluding carboxylic acids is 2. The summed E-state index contributed by atoms with van der Waals surface area (Å²) in [4.78, 5) is 23.2. The van der Waals surface area contributed by atoms with Crippen LogP contribution in [0.5, 0.6) is 0 Å². The van der Waals surface area contributed by atoms with Crippen molar-refractivity contribution in [1.82, 2.24) is 0 Å². The third kappa shape index (κ3) is 2.40. The van der Waals surface area contributed by atoms with E-state index in [-0.39, 0.29) is 17.4 Å². The predicted molar refractivity (Wildman–Crippen MR) is 67.2 cm³/mol.